The van der Waals surface area contributed by atoms with E-state index in [0.717, 1.165) is 28.9 Å². The fraction of sp³-hybridized carbons (Fsp3) is 0.167. The minimum Gasteiger partial charge on any atom is -0.384 e. The molecule has 5 aromatic rings. The lowest BCUT2D eigenvalue weighted by Crippen LogP contribution is -2.26. The topological polar surface area (TPSA) is 133 Å². The summed E-state index contributed by atoms with van der Waals surface area (Å²) in [5.74, 6) is 0.247. The van der Waals surface area contributed by atoms with Crippen molar-refractivity contribution >= 4 is 17.4 Å². The zero-order valence-corrected chi connectivity index (χ0v) is 19.3. The van der Waals surface area contributed by atoms with Crippen molar-refractivity contribution < 1.29 is 4.39 Å². The average molecular weight is 502 g/mol. The predicted octanol–water partition coefficient (Wildman–Crippen LogP) is 3.36. The molecule has 3 N–H and O–H groups in total. The molecule has 0 spiro atoms. The van der Waals surface area contributed by atoms with Crippen LogP contribution in [0.3, 0.4) is 0 Å². The van der Waals surface area contributed by atoms with Crippen LogP contribution in [-0.2, 0) is 0 Å². The molecule has 10 nitrogen and oxygen atoms in total. The number of rotatable bonds is 4. The minimum atomic E-state index is -0.700. The Morgan fingerprint density at radius 3 is 2.83 bits per heavy atom. The Labute approximate surface area is 207 Å². The van der Waals surface area contributed by atoms with E-state index < -0.39 is 5.95 Å². The van der Waals surface area contributed by atoms with Crippen LogP contribution in [0.1, 0.15) is 29.8 Å². The number of nitrogens with zero attached hydrogens (tertiary/aromatic N) is 7. The monoisotopic (exact) mass is 501 g/mol. The number of aromatic amines is 1. The Morgan fingerprint density at radius 1 is 1.14 bits per heavy atom. The van der Waals surface area contributed by atoms with Gasteiger partial charge in [0.05, 0.1) is 29.2 Å². The standard InChI is InChI=1S/C24H17ClFN9O/c25-12-1-3-18(34-10-29-32-33-34)14(7-12)11-5-19-15-8-16(15)22(35(19)21(36)6-11)17-9-28-24(30-17)13-2-4-20(27)31-23(13)26/h1-7,9-10,15-16,22H,8H2,(H2,27,31)(H,28,30). The smallest absolute Gasteiger partial charge is 0.251 e. The average Bonchev–Trinajstić information content (AvgIpc) is 3.20. The maximum Gasteiger partial charge on any atom is 0.251 e. The van der Waals surface area contributed by atoms with E-state index in [1.165, 1.54) is 23.1 Å². The molecule has 0 bridgehead atoms. The summed E-state index contributed by atoms with van der Waals surface area (Å²) in [6.07, 6.45) is 4.11. The Balaban J connectivity index is 1.31. The quantitative estimate of drug-likeness (QED) is 0.361. The van der Waals surface area contributed by atoms with Gasteiger partial charge in [0.1, 0.15) is 18.0 Å². The number of pyridine rings is 2. The van der Waals surface area contributed by atoms with Gasteiger partial charge in [0, 0.05) is 28.3 Å². The molecule has 178 valence electrons. The van der Waals surface area contributed by atoms with Gasteiger partial charge in [0.15, 0.2) is 0 Å². The first-order valence-corrected chi connectivity index (χ1v) is 11.6. The van der Waals surface area contributed by atoms with Crippen molar-refractivity contribution in [3.63, 3.8) is 0 Å². The van der Waals surface area contributed by atoms with Crippen molar-refractivity contribution in [2.24, 2.45) is 5.92 Å². The van der Waals surface area contributed by atoms with E-state index in [-0.39, 0.29) is 34.8 Å². The number of H-pyrrole nitrogens is 1. The number of aromatic nitrogens is 8. The summed E-state index contributed by atoms with van der Waals surface area (Å²) < 4.78 is 17.7. The van der Waals surface area contributed by atoms with Crippen molar-refractivity contribution in [3.05, 3.63) is 87.7 Å². The summed E-state index contributed by atoms with van der Waals surface area (Å²) in [5, 5.41) is 12.0. The number of halogens is 2. The molecule has 7 rings (SSSR count). The van der Waals surface area contributed by atoms with Crippen LogP contribution >= 0.6 is 11.6 Å². The van der Waals surface area contributed by atoms with Gasteiger partial charge in [-0.15, -0.1) is 5.10 Å². The van der Waals surface area contributed by atoms with E-state index in [9.17, 15) is 9.18 Å². The molecule has 0 radical (unpaired) electrons. The van der Waals surface area contributed by atoms with Crippen molar-refractivity contribution in [1.82, 2.24) is 39.7 Å². The number of nitrogens with one attached hydrogen (secondary N) is 1. The Bertz CT molecular complexity index is 1710. The molecule has 1 fully saturated rings. The van der Waals surface area contributed by atoms with Crippen LogP contribution in [0.15, 0.2) is 59.8 Å². The molecule has 1 aromatic carbocycles. The molecule has 0 saturated heterocycles. The van der Waals surface area contributed by atoms with E-state index in [1.807, 2.05) is 12.1 Å². The lowest BCUT2D eigenvalue weighted by atomic mass is 10.0. The van der Waals surface area contributed by atoms with Crippen molar-refractivity contribution in [2.45, 2.75) is 18.4 Å². The van der Waals surface area contributed by atoms with E-state index >= 15 is 0 Å². The van der Waals surface area contributed by atoms with E-state index in [2.05, 4.69) is 30.5 Å². The molecule has 0 amide bonds. The molecule has 1 saturated carbocycles. The zero-order chi connectivity index (χ0) is 24.6. The lowest BCUT2D eigenvalue weighted by Gasteiger charge is -2.18. The van der Waals surface area contributed by atoms with Crippen LogP contribution in [0.5, 0.6) is 0 Å². The molecule has 3 atom stereocenters. The van der Waals surface area contributed by atoms with Gasteiger partial charge in [0.2, 0.25) is 5.95 Å². The normalized spacial score (nSPS) is 19.8. The highest BCUT2D eigenvalue weighted by Gasteiger charge is 2.53. The van der Waals surface area contributed by atoms with Gasteiger partial charge in [-0.2, -0.15) is 9.07 Å². The van der Waals surface area contributed by atoms with E-state index in [0.29, 0.717) is 16.5 Å². The largest absolute Gasteiger partial charge is 0.384 e. The Kier molecular flexibility index (Phi) is 4.40. The number of anilines is 1. The third-order valence-electron chi connectivity index (χ3n) is 6.91. The number of benzene rings is 1. The first-order valence-electron chi connectivity index (χ1n) is 11.2. The minimum absolute atomic E-state index is 0.0962. The molecule has 5 heterocycles. The second-order valence-electron chi connectivity index (χ2n) is 9.01. The molecular weight excluding hydrogens is 485 g/mol. The third-order valence-corrected chi connectivity index (χ3v) is 7.14. The van der Waals surface area contributed by atoms with Gasteiger partial charge in [-0.05, 0) is 64.7 Å². The summed E-state index contributed by atoms with van der Waals surface area (Å²) in [4.78, 5) is 24.7. The maximum absolute atomic E-state index is 14.3. The summed E-state index contributed by atoms with van der Waals surface area (Å²) >= 11 is 6.30. The first-order chi connectivity index (χ1) is 17.5. The van der Waals surface area contributed by atoms with Crippen molar-refractivity contribution in [3.8, 4) is 28.2 Å². The van der Waals surface area contributed by atoms with Gasteiger partial charge in [-0.3, -0.25) is 4.79 Å². The second kappa shape index (κ2) is 7.56. The predicted molar refractivity (Wildman–Crippen MR) is 129 cm³/mol. The van der Waals surface area contributed by atoms with Gasteiger partial charge < -0.3 is 15.3 Å². The molecule has 36 heavy (non-hydrogen) atoms. The van der Waals surface area contributed by atoms with E-state index in [4.69, 9.17) is 17.3 Å². The lowest BCUT2D eigenvalue weighted by molar-refractivity contribution is 0.527. The van der Waals surface area contributed by atoms with Gasteiger partial charge in [-0.25, -0.2) is 9.97 Å². The molecule has 2 aliphatic rings. The van der Waals surface area contributed by atoms with E-state index in [1.54, 1.807) is 29.0 Å². The van der Waals surface area contributed by atoms with Gasteiger partial charge >= 0.3 is 0 Å². The highest BCUT2D eigenvalue weighted by Crippen LogP contribution is 2.60. The molecule has 1 aliphatic heterocycles. The molecule has 3 unspecified atom stereocenters. The number of hydrogen-bond donors (Lipinski definition) is 2. The van der Waals surface area contributed by atoms with Gasteiger partial charge in [-0.1, -0.05) is 11.6 Å². The number of hydrogen-bond acceptors (Lipinski definition) is 7. The summed E-state index contributed by atoms with van der Waals surface area (Å²) in [7, 11) is 0. The van der Waals surface area contributed by atoms with Crippen LogP contribution < -0.4 is 11.3 Å². The van der Waals surface area contributed by atoms with Crippen LogP contribution in [0, 0.1) is 11.9 Å². The van der Waals surface area contributed by atoms with Crippen molar-refractivity contribution in [1.29, 1.82) is 0 Å². The fourth-order valence-corrected chi connectivity index (χ4v) is 5.43. The number of imidazole rings is 1. The highest BCUT2D eigenvalue weighted by atomic mass is 35.5. The number of nitrogen functional groups attached to an aromatic ring is 1. The van der Waals surface area contributed by atoms with Crippen molar-refractivity contribution in [2.75, 3.05) is 5.73 Å². The molecule has 4 aromatic heterocycles. The number of tetrazole rings is 1. The van der Waals surface area contributed by atoms with Crippen LogP contribution in [-0.4, -0.2) is 39.7 Å². The Hall–Kier alpha value is -4.38. The molecule has 1 aliphatic carbocycles. The molecular formula is C24H17ClFN9O. The highest BCUT2D eigenvalue weighted by molar-refractivity contribution is 6.31. The second-order valence-corrected chi connectivity index (χ2v) is 9.44. The van der Waals surface area contributed by atoms with Crippen LogP contribution in [0.4, 0.5) is 10.2 Å². The SMILES string of the molecule is Nc1ccc(-c2ncc(C3C4CC4c4cc(-c5cc(Cl)ccc5-n5cnnn5)cc(=O)n43)[nH]2)c(F)n1. The number of fused-ring (bicyclic) bond motifs is 3. The number of nitrogens with two attached hydrogens (primary N) is 1. The zero-order valence-electron chi connectivity index (χ0n) is 18.5. The summed E-state index contributed by atoms with van der Waals surface area (Å²) in [6, 6.07) is 11.9. The fourth-order valence-electron chi connectivity index (χ4n) is 5.26. The third kappa shape index (κ3) is 3.16. The maximum atomic E-state index is 14.3. The Morgan fingerprint density at radius 2 is 2.03 bits per heavy atom. The molecule has 12 heteroatoms. The summed E-state index contributed by atoms with van der Waals surface area (Å²) in [6.45, 7) is 0. The van der Waals surface area contributed by atoms with Gasteiger partial charge in [0.25, 0.3) is 5.56 Å². The first kappa shape index (κ1) is 20.9. The van der Waals surface area contributed by atoms with Crippen LogP contribution in [0.2, 0.25) is 5.02 Å². The summed E-state index contributed by atoms with van der Waals surface area (Å²) in [5.41, 5.74) is 9.56. The van der Waals surface area contributed by atoms with Crippen LogP contribution in [0.25, 0.3) is 28.2 Å².